The van der Waals surface area contributed by atoms with E-state index in [1.54, 1.807) is 0 Å². The predicted octanol–water partition coefficient (Wildman–Crippen LogP) is 2.41. The Morgan fingerprint density at radius 2 is 1.85 bits per heavy atom. The SMILES string of the molecule is CN1CC2CCC1C1C(=O)N(c3cccc(C#N)c3C(F)(F)F)C(=O)C21. The van der Waals surface area contributed by atoms with Crippen molar-refractivity contribution in [2.75, 3.05) is 18.5 Å². The third-order valence-corrected chi connectivity index (χ3v) is 5.93. The molecule has 2 bridgehead atoms. The number of rotatable bonds is 1. The van der Waals surface area contributed by atoms with Crippen molar-refractivity contribution in [1.29, 1.82) is 5.26 Å². The third kappa shape index (κ3) is 2.20. The van der Waals surface area contributed by atoms with Crippen molar-refractivity contribution in [2.45, 2.75) is 25.1 Å². The van der Waals surface area contributed by atoms with Crippen LogP contribution in [-0.2, 0) is 15.8 Å². The molecule has 1 saturated carbocycles. The van der Waals surface area contributed by atoms with E-state index in [1.807, 2.05) is 11.9 Å². The van der Waals surface area contributed by atoms with Crippen molar-refractivity contribution in [1.82, 2.24) is 4.90 Å². The standard InChI is InChI=1S/C18H16F3N3O2/c1-23-8-10-5-6-11(23)14-13(10)16(25)24(17(14)26)12-4-2-3-9(7-22)15(12)18(19,20)21/h2-4,10-11,13-14H,5-6,8H2,1H3. The Kier molecular flexibility index (Phi) is 3.63. The van der Waals surface area contributed by atoms with E-state index < -0.39 is 46.6 Å². The zero-order valence-corrected chi connectivity index (χ0v) is 14.0. The van der Waals surface area contributed by atoms with Crippen molar-refractivity contribution in [2.24, 2.45) is 17.8 Å². The summed E-state index contributed by atoms with van der Waals surface area (Å²) < 4.78 is 40.8. The van der Waals surface area contributed by atoms with Crippen LogP contribution >= 0.6 is 0 Å². The van der Waals surface area contributed by atoms with E-state index in [-0.39, 0.29) is 12.0 Å². The second-order valence-electron chi connectivity index (χ2n) is 7.22. The summed E-state index contributed by atoms with van der Waals surface area (Å²) in [5.74, 6) is -2.34. The summed E-state index contributed by atoms with van der Waals surface area (Å²) in [6.07, 6.45) is -3.28. The fourth-order valence-corrected chi connectivity index (χ4v) is 4.92. The first-order valence-electron chi connectivity index (χ1n) is 8.44. The first kappa shape index (κ1) is 17.0. The maximum absolute atomic E-state index is 13.6. The molecule has 2 amide bonds. The Balaban J connectivity index is 1.85. The summed E-state index contributed by atoms with van der Waals surface area (Å²) in [7, 11) is 1.88. The number of nitrogens with zero attached hydrogens (tertiary/aromatic N) is 3. The zero-order chi connectivity index (χ0) is 18.8. The van der Waals surface area contributed by atoms with Crippen LogP contribution in [-0.4, -0.2) is 36.3 Å². The Morgan fingerprint density at radius 1 is 1.15 bits per heavy atom. The van der Waals surface area contributed by atoms with Crippen LogP contribution in [0, 0.1) is 29.1 Å². The highest BCUT2D eigenvalue weighted by Gasteiger charge is 2.60. The molecule has 0 radical (unpaired) electrons. The molecular formula is C18H16F3N3O2. The van der Waals surface area contributed by atoms with Gasteiger partial charge in [-0.25, -0.2) is 4.90 Å². The molecule has 3 aliphatic heterocycles. The van der Waals surface area contributed by atoms with Crippen molar-refractivity contribution in [3.8, 4) is 6.07 Å². The third-order valence-electron chi connectivity index (χ3n) is 5.93. The molecule has 4 atom stereocenters. The predicted molar refractivity (Wildman–Crippen MR) is 84.8 cm³/mol. The molecule has 8 heteroatoms. The summed E-state index contributed by atoms with van der Waals surface area (Å²) in [4.78, 5) is 28.7. The van der Waals surface area contributed by atoms with Gasteiger partial charge in [0, 0.05) is 12.6 Å². The lowest BCUT2D eigenvalue weighted by Crippen LogP contribution is -2.56. The number of anilines is 1. The van der Waals surface area contributed by atoms with E-state index in [0.29, 0.717) is 11.4 Å². The van der Waals surface area contributed by atoms with Gasteiger partial charge < -0.3 is 4.90 Å². The number of benzene rings is 1. The number of hydrogen-bond acceptors (Lipinski definition) is 4. The van der Waals surface area contributed by atoms with Gasteiger partial charge in [-0.05, 0) is 37.9 Å². The Morgan fingerprint density at radius 3 is 2.46 bits per heavy atom. The quantitative estimate of drug-likeness (QED) is 0.719. The van der Waals surface area contributed by atoms with Gasteiger partial charge in [0.15, 0.2) is 0 Å². The van der Waals surface area contributed by atoms with Crippen LogP contribution in [0.5, 0.6) is 0 Å². The number of carbonyl (C=O) groups excluding carboxylic acids is 2. The maximum atomic E-state index is 13.6. The summed E-state index contributed by atoms with van der Waals surface area (Å²) in [5, 5.41) is 9.07. The van der Waals surface area contributed by atoms with Crippen LogP contribution in [0.4, 0.5) is 18.9 Å². The van der Waals surface area contributed by atoms with Gasteiger partial charge in [-0.1, -0.05) is 6.07 Å². The van der Waals surface area contributed by atoms with Gasteiger partial charge in [0.1, 0.15) is 0 Å². The van der Waals surface area contributed by atoms with Crippen LogP contribution in [0.1, 0.15) is 24.0 Å². The maximum Gasteiger partial charge on any atom is 0.419 e. The van der Waals surface area contributed by atoms with E-state index >= 15 is 0 Å². The number of hydrogen-bond donors (Lipinski definition) is 0. The highest BCUT2D eigenvalue weighted by atomic mass is 19.4. The van der Waals surface area contributed by atoms with Gasteiger partial charge >= 0.3 is 6.18 Å². The lowest BCUT2D eigenvalue weighted by Gasteiger charge is -2.48. The van der Waals surface area contributed by atoms with Crippen molar-refractivity contribution >= 4 is 17.5 Å². The highest BCUT2D eigenvalue weighted by Crippen LogP contribution is 2.50. The smallest absolute Gasteiger partial charge is 0.302 e. The average molecular weight is 363 g/mol. The molecule has 0 N–H and O–H groups in total. The molecule has 1 aliphatic carbocycles. The minimum Gasteiger partial charge on any atom is -0.302 e. The minimum absolute atomic E-state index is 0.0232. The van der Waals surface area contributed by atoms with E-state index in [4.69, 9.17) is 5.26 Å². The van der Waals surface area contributed by atoms with Crippen LogP contribution in [0.2, 0.25) is 0 Å². The summed E-state index contributed by atoms with van der Waals surface area (Å²) >= 11 is 0. The van der Waals surface area contributed by atoms with Crippen LogP contribution in [0.3, 0.4) is 0 Å². The second kappa shape index (κ2) is 5.55. The molecule has 0 spiro atoms. The van der Waals surface area contributed by atoms with Gasteiger partial charge in [-0.2, -0.15) is 18.4 Å². The fraction of sp³-hybridized carbons (Fsp3) is 0.500. The summed E-state index contributed by atoms with van der Waals surface area (Å²) in [6.45, 7) is 0.670. The Bertz CT molecular complexity index is 845. The number of alkyl halides is 3. The first-order chi connectivity index (χ1) is 12.3. The number of nitriles is 1. The average Bonchev–Trinajstić information content (AvgIpc) is 2.86. The van der Waals surface area contributed by atoms with Crippen molar-refractivity contribution in [3.05, 3.63) is 29.3 Å². The molecule has 5 rings (SSSR count). The second-order valence-corrected chi connectivity index (χ2v) is 7.22. The number of imide groups is 1. The van der Waals surface area contributed by atoms with Gasteiger partial charge in [-0.15, -0.1) is 0 Å². The van der Waals surface area contributed by atoms with Crippen molar-refractivity contribution in [3.63, 3.8) is 0 Å². The molecule has 5 nitrogen and oxygen atoms in total. The summed E-state index contributed by atoms with van der Waals surface area (Å²) in [6, 6.07) is 4.81. The number of amides is 2. The number of halogens is 3. The van der Waals surface area contributed by atoms with Crippen LogP contribution in [0.25, 0.3) is 0 Å². The van der Waals surface area contributed by atoms with Crippen LogP contribution in [0.15, 0.2) is 18.2 Å². The Hall–Kier alpha value is -2.40. The molecule has 3 saturated heterocycles. The molecule has 3 heterocycles. The highest BCUT2D eigenvalue weighted by molar-refractivity contribution is 6.23. The number of piperidine rings is 2. The normalized spacial score (nSPS) is 31.3. The van der Waals surface area contributed by atoms with E-state index in [2.05, 4.69) is 0 Å². The minimum atomic E-state index is -4.84. The largest absolute Gasteiger partial charge is 0.419 e. The van der Waals surface area contributed by atoms with E-state index in [1.165, 1.54) is 12.1 Å². The van der Waals surface area contributed by atoms with Gasteiger partial charge in [-0.3, -0.25) is 9.59 Å². The van der Waals surface area contributed by atoms with Crippen LogP contribution < -0.4 is 4.90 Å². The lowest BCUT2D eigenvalue weighted by molar-refractivity contribution is -0.137. The molecule has 0 aromatic heterocycles. The summed E-state index contributed by atoms with van der Waals surface area (Å²) in [5.41, 5.74) is -2.34. The van der Waals surface area contributed by atoms with E-state index in [9.17, 15) is 22.8 Å². The molecule has 26 heavy (non-hydrogen) atoms. The van der Waals surface area contributed by atoms with Crippen molar-refractivity contribution < 1.29 is 22.8 Å². The van der Waals surface area contributed by atoms with Gasteiger partial charge in [0.25, 0.3) is 0 Å². The lowest BCUT2D eigenvalue weighted by atomic mass is 9.66. The Labute approximate surface area is 148 Å². The molecule has 4 aliphatic rings. The number of carbonyl (C=O) groups is 2. The molecule has 4 fully saturated rings. The van der Waals surface area contributed by atoms with Gasteiger partial charge in [0.2, 0.25) is 11.8 Å². The van der Waals surface area contributed by atoms with Gasteiger partial charge in [0.05, 0.1) is 34.7 Å². The molecule has 4 unspecified atom stereocenters. The molecular weight excluding hydrogens is 347 g/mol. The topological polar surface area (TPSA) is 64.4 Å². The fourth-order valence-electron chi connectivity index (χ4n) is 4.92. The van der Waals surface area contributed by atoms with E-state index in [0.717, 1.165) is 25.0 Å². The molecule has 136 valence electrons. The zero-order valence-electron chi connectivity index (χ0n) is 14.0. The number of fused-ring (bicyclic) bond motifs is 2. The monoisotopic (exact) mass is 363 g/mol. The molecule has 1 aromatic rings. The molecule has 1 aromatic carbocycles. The first-order valence-corrected chi connectivity index (χ1v) is 8.44.